The Bertz CT molecular complexity index is 792. The molecule has 1 aliphatic rings. The van der Waals surface area contributed by atoms with Crippen LogP contribution in [0.15, 0.2) is 48.7 Å². The van der Waals surface area contributed by atoms with Gasteiger partial charge in [0.2, 0.25) is 5.91 Å². The molecule has 7 nitrogen and oxygen atoms in total. The van der Waals surface area contributed by atoms with Gasteiger partial charge in [0, 0.05) is 43.9 Å². The standard InChI is InChI=1S/C20H24ClN5O2/c1-15(19(27)23-14-16-5-7-17(21)8-6-16)24-20(28)26-12-10-25(11-13-26)18-4-2-3-9-22-18/h2-9,15H,10-14H2,1H3,(H,23,27)(H,24,28). The van der Waals surface area contributed by atoms with E-state index in [4.69, 9.17) is 11.6 Å². The molecule has 1 unspecified atom stereocenters. The predicted molar refractivity (Wildman–Crippen MR) is 109 cm³/mol. The maximum atomic E-state index is 12.5. The summed E-state index contributed by atoms with van der Waals surface area (Å²) in [5.41, 5.74) is 0.946. The Morgan fingerprint density at radius 2 is 1.82 bits per heavy atom. The molecule has 3 amide bonds. The van der Waals surface area contributed by atoms with Gasteiger partial charge in [-0.3, -0.25) is 4.79 Å². The molecule has 0 spiro atoms. The van der Waals surface area contributed by atoms with Crippen LogP contribution in [0.3, 0.4) is 0 Å². The second-order valence-corrected chi connectivity index (χ2v) is 7.11. The summed E-state index contributed by atoms with van der Waals surface area (Å²) in [7, 11) is 0. The Hall–Kier alpha value is -2.80. The van der Waals surface area contributed by atoms with E-state index in [1.165, 1.54) is 0 Å². The van der Waals surface area contributed by atoms with Crippen molar-refractivity contribution >= 4 is 29.4 Å². The first-order chi connectivity index (χ1) is 13.5. The fourth-order valence-electron chi connectivity index (χ4n) is 2.97. The van der Waals surface area contributed by atoms with Gasteiger partial charge in [-0.05, 0) is 36.8 Å². The van der Waals surface area contributed by atoms with E-state index in [-0.39, 0.29) is 11.9 Å². The number of hydrogen-bond donors (Lipinski definition) is 2. The molecule has 1 aromatic heterocycles. The zero-order valence-corrected chi connectivity index (χ0v) is 16.5. The van der Waals surface area contributed by atoms with E-state index in [2.05, 4.69) is 20.5 Å². The fraction of sp³-hybridized carbons (Fsp3) is 0.350. The Morgan fingerprint density at radius 3 is 2.46 bits per heavy atom. The fourth-order valence-corrected chi connectivity index (χ4v) is 3.09. The van der Waals surface area contributed by atoms with Gasteiger partial charge in [0.1, 0.15) is 11.9 Å². The maximum Gasteiger partial charge on any atom is 0.318 e. The molecule has 1 saturated heterocycles. The molecule has 1 fully saturated rings. The van der Waals surface area contributed by atoms with Crippen LogP contribution < -0.4 is 15.5 Å². The quantitative estimate of drug-likeness (QED) is 0.805. The lowest BCUT2D eigenvalue weighted by atomic mass is 10.2. The summed E-state index contributed by atoms with van der Waals surface area (Å²) in [6.07, 6.45) is 1.76. The average Bonchev–Trinajstić information content (AvgIpc) is 2.73. The van der Waals surface area contributed by atoms with Crippen molar-refractivity contribution in [3.05, 3.63) is 59.2 Å². The molecule has 0 radical (unpaired) electrons. The third-order valence-electron chi connectivity index (χ3n) is 4.65. The summed E-state index contributed by atoms with van der Waals surface area (Å²) in [5.74, 6) is 0.688. The molecular weight excluding hydrogens is 378 g/mol. The van der Waals surface area contributed by atoms with Crippen molar-refractivity contribution < 1.29 is 9.59 Å². The highest BCUT2D eigenvalue weighted by atomic mass is 35.5. The molecule has 28 heavy (non-hydrogen) atoms. The van der Waals surface area contributed by atoms with Crippen LogP contribution in [0.5, 0.6) is 0 Å². The van der Waals surface area contributed by atoms with Crippen LogP contribution in [0.4, 0.5) is 10.6 Å². The van der Waals surface area contributed by atoms with Crippen LogP contribution in [-0.4, -0.2) is 54.0 Å². The molecule has 3 rings (SSSR count). The van der Waals surface area contributed by atoms with Crippen LogP contribution in [-0.2, 0) is 11.3 Å². The summed E-state index contributed by atoms with van der Waals surface area (Å²) >= 11 is 5.85. The van der Waals surface area contributed by atoms with E-state index in [0.29, 0.717) is 37.7 Å². The highest BCUT2D eigenvalue weighted by molar-refractivity contribution is 6.30. The molecule has 1 aromatic carbocycles. The summed E-state index contributed by atoms with van der Waals surface area (Å²) < 4.78 is 0. The molecule has 2 aromatic rings. The van der Waals surface area contributed by atoms with E-state index >= 15 is 0 Å². The summed E-state index contributed by atoms with van der Waals surface area (Å²) in [4.78, 5) is 32.9. The largest absolute Gasteiger partial charge is 0.353 e. The smallest absolute Gasteiger partial charge is 0.318 e. The number of piperazine rings is 1. The highest BCUT2D eigenvalue weighted by Gasteiger charge is 2.24. The molecular formula is C20H24ClN5O2. The normalized spacial score (nSPS) is 15.1. The number of pyridine rings is 1. The van der Waals surface area contributed by atoms with E-state index in [9.17, 15) is 9.59 Å². The summed E-state index contributed by atoms with van der Waals surface area (Å²) in [5, 5.41) is 6.24. The first kappa shape index (κ1) is 19.9. The van der Waals surface area contributed by atoms with E-state index in [1.54, 1.807) is 30.2 Å². The van der Waals surface area contributed by atoms with Crippen molar-refractivity contribution in [3.63, 3.8) is 0 Å². The molecule has 2 heterocycles. The monoisotopic (exact) mass is 401 g/mol. The van der Waals surface area contributed by atoms with Crippen molar-refractivity contribution in [2.75, 3.05) is 31.1 Å². The lowest BCUT2D eigenvalue weighted by molar-refractivity contribution is -0.122. The van der Waals surface area contributed by atoms with Crippen LogP contribution in [0.2, 0.25) is 5.02 Å². The first-order valence-electron chi connectivity index (χ1n) is 9.26. The minimum atomic E-state index is -0.617. The number of benzene rings is 1. The second-order valence-electron chi connectivity index (χ2n) is 6.68. The number of nitrogens with one attached hydrogen (secondary N) is 2. The molecule has 1 atom stereocenters. The van der Waals surface area contributed by atoms with Gasteiger partial charge in [0.25, 0.3) is 0 Å². The maximum absolute atomic E-state index is 12.5. The molecule has 148 valence electrons. The Labute approximate surface area is 169 Å². The van der Waals surface area contributed by atoms with Crippen LogP contribution in [0.25, 0.3) is 0 Å². The van der Waals surface area contributed by atoms with E-state index < -0.39 is 6.04 Å². The number of urea groups is 1. The number of nitrogens with zero attached hydrogens (tertiary/aromatic N) is 3. The van der Waals surface area contributed by atoms with Gasteiger partial charge in [-0.1, -0.05) is 29.8 Å². The van der Waals surface area contributed by atoms with Crippen LogP contribution >= 0.6 is 11.6 Å². The van der Waals surface area contributed by atoms with Gasteiger partial charge in [0.05, 0.1) is 0 Å². The van der Waals surface area contributed by atoms with Gasteiger partial charge in [-0.15, -0.1) is 0 Å². The Balaban J connectivity index is 1.42. The Morgan fingerprint density at radius 1 is 1.11 bits per heavy atom. The topological polar surface area (TPSA) is 77.6 Å². The zero-order valence-electron chi connectivity index (χ0n) is 15.8. The number of amides is 3. The number of aromatic nitrogens is 1. The molecule has 8 heteroatoms. The van der Waals surface area contributed by atoms with Crippen molar-refractivity contribution in [2.45, 2.75) is 19.5 Å². The average molecular weight is 402 g/mol. The van der Waals surface area contributed by atoms with Gasteiger partial charge in [-0.25, -0.2) is 9.78 Å². The summed E-state index contributed by atoms with van der Waals surface area (Å²) in [6, 6.07) is 12.2. The van der Waals surface area contributed by atoms with Crippen molar-refractivity contribution in [3.8, 4) is 0 Å². The number of carbonyl (C=O) groups is 2. The van der Waals surface area contributed by atoms with Gasteiger partial charge in [0.15, 0.2) is 0 Å². The highest BCUT2D eigenvalue weighted by Crippen LogP contribution is 2.12. The number of hydrogen-bond acceptors (Lipinski definition) is 4. The van der Waals surface area contributed by atoms with Crippen LogP contribution in [0.1, 0.15) is 12.5 Å². The molecule has 0 aliphatic carbocycles. The number of halogens is 1. The molecule has 1 aliphatic heterocycles. The van der Waals surface area contributed by atoms with Crippen LogP contribution in [0, 0.1) is 0 Å². The molecule has 2 N–H and O–H groups in total. The minimum Gasteiger partial charge on any atom is -0.353 e. The first-order valence-corrected chi connectivity index (χ1v) is 9.64. The number of anilines is 1. The SMILES string of the molecule is CC(NC(=O)N1CCN(c2ccccn2)CC1)C(=O)NCc1ccc(Cl)cc1. The summed E-state index contributed by atoms with van der Waals surface area (Å²) in [6.45, 7) is 4.66. The molecule has 0 bridgehead atoms. The lowest BCUT2D eigenvalue weighted by Gasteiger charge is -2.35. The number of rotatable bonds is 5. The van der Waals surface area contributed by atoms with Crippen molar-refractivity contribution in [1.82, 2.24) is 20.5 Å². The third-order valence-corrected chi connectivity index (χ3v) is 4.91. The predicted octanol–water partition coefficient (Wildman–Crippen LogP) is 2.27. The lowest BCUT2D eigenvalue weighted by Crippen LogP contribution is -2.55. The van der Waals surface area contributed by atoms with E-state index in [1.807, 2.05) is 30.3 Å². The van der Waals surface area contributed by atoms with Gasteiger partial charge < -0.3 is 20.4 Å². The van der Waals surface area contributed by atoms with E-state index in [0.717, 1.165) is 11.4 Å². The third kappa shape index (κ3) is 5.36. The van der Waals surface area contributed by atoms with Gasteiger partial charge in [-0.2, -0.15) is 0 Å². The Kier molecular flexibility index (Phi) is 6.71. The molecule has 0 saturated carbocycles. The minimum absolute atomic E-state index is 0.226. The number of carbonyl (C=O) groups excluding carboxylic acids is 2. The second kappa shape index (κ2) is 9.41. The van der Waals surface area contributed by atoms with Gasteiger partial charge >= 0.3 is 6.03 Å². The van der Waals surface area contributed by atoms with Crippen molar-refractivity contribution in [1.29, 1.82) is 0 Å². The van der Waals surface area contributed by atoms with Crippen molar-refractivity contribution in [2.24, 2.45) is 0 Å². The zero-order chi connectivity index (χ0) is 19.9.